The van der Waals surface area contributed by atoms with E-state index in [0.29, 0.717) is 11.7 Å². The van der Waals surface area contributed by atoms with Gasteiger partial charge < -0.3 is 10.0 Å². The number of carbonyl (C=O) groups is 1. The molecule has 3 rings (SSSR count). The molecule has 6 heteroatoms. The molecule has 1 amide bonds. The second-order valence-electron chi connectivity index (χ2n) is 6.84. The van der Waals surface area contributed by atoms with Crippen LogP contribution < -0.4 is 0 Å². The molecule has 2 N–H and O–H groups in total. The Labute approximate surface area is 137 Å². The Kier molecular flexibility index (Phi) is 5.02. The summed E-state index contributed by atoms with van der Waals surface area (Å²) < 4.78 is 0. The molecule has 1 atom stereocenters. The van der Waals surface area contributed by atoms with E-state index in [1.807, 2.05) is 11.8 Å². The summed E-state index contributed by atoms with van der Waals surface area (Å²) in [6.45, 7) is 7.46. The van der Waals surface area contributed by atoms with Gasteiger partial charge in [-0.2, -0.15) is 5.10 Å². The maximum absolute atomic E-state index is 12.7. The number of rotatable bonds is 3. The van der Waals surface area contributed by atoms with Gasteiger partial charge in [0.1, 0.15) is 0 Å². The molecule has 2 saturated heterocycles. The van der Waals surface area contributed by atoms with E-state index in [1.165, 1.54) is 0 Å². The molecule has 3 heterocycles. The van der Waals surface area contributed by atoms with Crippen molar-refractivity contribution in [3.63, 3.8) is 0 Å². The van der Waals surface area contributed by atoms with Crippen LogP contribution in [0.1, 0.15) is 54.4 Å². The van der Waals surface area contributed by atoms with E-state index in [0.717, 1.165) is 69.5 Å². The zero-order chi connectivity index (χ0) is 16.4. The van der Waals surface area contributed by atoms with Crippen molar-refractivity contribution in [2.45, 2.75) is 58.1 Å². The van der Waals surface area contributed by atoms with Crippen LogP contribution in [-0.2, 0) is 6.42 Å². The number of β-amino-alcohol motifs (C(OH)–C–C–N with tert-alkyl or cyclic N) is 1. The SMILES string of the molecule is CCc1[nH]nc(C(=O)N2CCC(N3CCC[C@@H](O)C3)CC2)c1C. The number of aliphatic hydroxyl groups is 1. The third-order valence-corrected chi connectivity index (χ3v) is 5.36. The molecule has 1 aromatic rings. The Balaban J connectivity index is 1.58. The minimum atomic E-state index is -0.178. The van der Waals surface area contributed by atoms with Crippen molar-refractivity contribution in [3.05, 3.63) is 17.0 Å². The fourth-order valence-electron chi connectivity index (χ4n) is 3.89. The lowest BCUT2D eigenvalue weighted by atomic mass is 9.98. The Morgan fingerprint density at radius 1 is 1.30 bits per heavy atom. The first kappa shape index (κ1) is 16.5. The van der Waals surface area contributed by atoms with E-state index in [9.17, 15) is 9.90 Å². The van der Waals surface area contributed by atoms with Crippen LogP contribution in [0.3, 0.4) is 0 Å². The highest BCUT2D eigenvalue weighted by atomic mass is 16.3. The quantitative estimate of drug-likeness (QED) is 0.881. The molecule has 0 saturated carbocycles. The average Bonchev–Trinajstić information content (AvgIpc) is 2.95. The number of amides is 1. The number of nitrogens with one attached hydrogen (secondary N) is 1. The maximum atomic E-state index is 12.7. The molecule has 0 aliphatic carbocycles. The van der Waals surface area contributed by atoms with Crippen LogP contribution in [0.25, 0.3) is 0 Å². The standard InChI is InChI=1S/C17H28N4O2/c1-3-15-12(2)16(19-18-15)17(23)20-9-6-13(7-10-20)21-8-4-5-14(22)11-21/h13-14,22H,3-11H2,1-2H3,(H,18,19)/t14-/m1/s1. The molecule has 0 unspecified atom stereocenters. The predicted molar refractivity (Wildman–Crippen MR) is 88.4 cm³/mol. The van der Waals surface area contributed by atoms with Crippen molar-refractivity contribution in [3.8, 4) is 0 Å². The van der Waals surface area contributed by atoms with Gasteiger partial charge in [-0.25, -0.2) is 0 Å². The van der Waals surface area contributed by atoms with E-state index in [4.69, 9.17) is 0 Å². The molecule has 128 valence electrons. The van der Waals surface area contributed by atoms with Gasteiger partial charge in [0, 0.05) is 36.9 Å². The average molecular weight is 320 g/mol. The molecule has 0 radical (unpaired) electrons. The summed E-state index contributed by atoms with van der Waals surface area (Å²) in [5.74, 6) is 0.0515. The lowest BCUT2D eigenvalue weighted by Crippen LogP contribution is -2.50. The molecule has 2 aliphatic heterocycles. The van der Waals surface area contributed by atoms with E-state index in [1.54, 1.807) is 0 Å². The number of likely N-dealkylation sites (tertiary alicyclic amines) is 2. The van der Waals surface area contributed by atoms with Crippen LogP contribution in [0.2, 0.25) is 0 Å². The predicted octanol–water partition coefficient (Wildman–Crippen LogP) is 1.34. The summed E-state index contributed by atoms with van der Waals surface area (Å²) in [6.07, 6.45) is 4.66. The number of hydrogen-bond donors (Lipinski definition) is 2. The van der Waals surface area contributed by atoms with Gasteiger partial charge >= 0.3 is 0 Å². The van der Waals surface area contributed by atoms with Gasteiger partial charge in [0.05, 0.1) is 6.10 Å². The van der Waals surface area contributed by atoms with Crippen molar-refractivity contribution in [2.24, 2.45) is 0 Å². The molecule has 0 aromatic carbocycles. The Morgan fingerprint density at radius 3 is 2.65 bits per heavy atom. The minimum Gasteiger partial charge on any atom is -0.392 e. The zero-order valence-electron chi connectivity index (χ0n) is 14.2. The number of aryl methyl sites for hydroxylation is 1. The fourth-order valence-corrected chi connectivity index (χ4v) is 3.89. The highest BCUT2D eigenvalue weighted by Gasteiger charge is 2.31. The van der Waals surface area contributed by atoms with Crippen LogP contribution >= 0.6 is 0 Å². The third kappa shape index (κ3) is 3.43. The fraction of sp³-hybridized carbons (Fsp3) is 0.765. The van der Waals surface area contributed by atoms with Gasteiger partial charge in [-0.05, 0) is 45.6 Å². The molecule has 0 spiro atoms. The molecule has 2 fully saturated rings. The largest absolute Gasteiger partial charge is 0.392 e. The van der Waals surface area contributed by atoms with Crippen molar-refractivity contribution in [2.75, 3.05) is 26.2 Å². The molecular formula is C17H28N4O2. The first-order chi connectivity index (χ1) is 11.1. The van der Waals surface area contributed by atoms with Crippen LogP contribution in [0.15, 0.2) is 0 Å². The Hall–Kier alpha value is -1.40. The number of carbonyl (C=O) groups excluding carboxylic acids is 1. The first-order valence-corrected chi connectivity index (χ1v) is 8.85. The molecule has 2 aliphatic rings. The third-order valence-electron chi connectivity index (χ3n) is 5.36. The monoisotopic (exact) mass is 320 g/mol. The molecular weight excluding hydrogens is 292 g/mol. The summed E-state index contributed by atoms with van der Waals surface area (Å²) in [6, 6.07) is 0.500. The van der Waals surface area contributed by atoms with Gasteiger partial charge in [0.25, 0.3) is 5.91 Å². The second kappa shape index (κ2) is 7.01. The Morgan fingerprint density at radius 2 is 2.04 bits per heavy atom. The summed E-state index contributed by atoms with van der Waals surface area (Å²) in [5.41, 5.74) is 2.61. The lowest BCUT2D eigenvalue weighted by Gasteiger charge is -2.41. The summed E-state index contributed by atoms with van der Waals surface area (Å²) in [5, 5.41) is 17.0. The normalized spacial score (nSPS) is 24.1. The first-order valence-electron chi connectivity index (χ1n) is 8.85. The van der Waals surface area contributed by atoms with Gasteiger partial charge in [-0.15, -0.1) is 0 Å². The number of aromatic amines is 1. The van der Waals surface area contributed by atoms with E-state index in [-0.39, 0.29) is 12.0 Å². The molecule has 1 aromatic heterocycles. The number of nitrogens with zero attached hydrogens (tertiary/aromatic N) is 3. The number of aromatic nitrogens is 2. The van der Waals surface area contributed by atoms with Gasteiger partial charge in [-0.3, -0.25) is 14.8 Å². The van der Waals surface area contributed by atoms with Crippen molar-refractivity contribution >= 4 is 5.91 Å². The lowest BCUT2D eigenvalue weighted by molar-refractivity contribution is 0.0239. The number of piperidine rings is 2. The highest BCUT2D eigenvalue weighted by Crippen LogP contribution is 2.22. The van der Waals surface area contributed by atoms with Crippen molar-refractivity contribution in [1.29, 1.82) is 0 Å². The Bertz CT molecular complexity index is 549. The van der Waals surface area contributed by atoms with Gasteiger partial charge in [0.2, 0.25) is 0 Å². The molecule has 23 heavy (non-hydrogen) atoms. The number of aliphatic hydroxyl groups excluding tert-OH is 1. The number of hydrogen-bond acceptors (Lipinski definition) is 4. The summed E-state index contributed by atoms with van der Waals surface area (Å²) in [4.78, 5) is 17.0. The van der Waals surface area contributed by atoms with Crippen LogP contribution in [0.4, 0.5) is 0 Å². The topological polar surface area (TPSA) is 72.5 Å². The van der Waals surface area contributed by atoms with Crippen LogP contribution in [-0.4, -0.2) is 69.3 Å². The molecule has 6 nitrogen and oxygen atoms in total. The molecule has 0 bridgehead atoms. The second-order valence-corrected chi connectivity index (χ2v) is 6.84. The number of H-pyrrole nitrogens is 1. The van der Waals surface area contributed by atoms with Crippen molar-refractivity contribution < 1.29 is 9.90 Å². The zero-order valence-corrected chi connectivity index (χ0v) is 14.2. The minimum absolute atomic E-state index is 0.0515. The van der Waals surface area contributed by atoms with Crippen LogP contribution in [0.5, 0.6) is 0 Å². The summed E-state index contributed by atoms with van der Waals surface area (Å²) in [7, 11) is 0. The van der Waals surface area contributed by atoms with Gasteiger partial charge in [0.15, 0.2) is 5.69 Å². The van der Waals surface area contributed by atoms with E-state index >= 15 is 0 Å². The maximum Gasteiger partial charge on any atom is 0.274 e. The highest BCUT2D eigenvalue weighted by molar-refractivity contribution is 5.94. The van der Waals surface area contributed by atoms with E-state index in [2.05, 4.69) is 22.0 Å². The van der Waals surface area contributed by atoms with Crippen LogP contribution in [0, 0.1) is 6.92 Å². The van der Waals surface area contributed by atoms with Gasteiger partial charge in [-0.1, -0.05) is 6.92 Å². The van der Waals surface area contributed by atoms with Crippen molar-refractivity contribution in [1.82, 2.24) is 20.0 Å². The smallest absolute Gasteiger partial charge is 0.274 e. The van der Waals surface area contributed by atoms with E-state index < -0.39 is 0 Å². The summed E-state index contributed by atoms with van der Waals surface area (Å²) >= 11 is 0.